The minimum atomic E-state index is -0.862. The van der Waals surface area contributed by atoms with E-state index >= 15 is 0 Å². The zero-order valence-corrected chi connectivity index (χ0v) is 19.6. The van der Waals surface area contributed by atoms with E-state index < -0.39 is 17.9 Å². The molecule has 0 spiro atoms. The van der Waals surface area contributed by atoms with E-state index in [4.69, 9.17) is 9.47 Å². The highest BCUT2D eigenvalue weighted by Crippen LogP contribution is 2.27. The van der Waals surface area contributed by atoms with Crippen LogP contribution >= 0.6 is 0 Å². The Morgan fingerprint density at radius 1 is 0.943 bits per heavy atom. The second kappa shape index (κ2) is 10.8. The van der Waals surface area contributed by atoms with Gasteiger partial charge in [-0.2, -0.15) is 0 Å². The number of nitrogens with zero attached hydrogens (tertiary/aromatic N) is 1. The molecular weight excluding hydrogens is 446 g/mol. The molecule has 1 unspecified atom stereocenters. The zero-order valence-electron chi connectivity index (χ0n) is 19.6. The number of carbonyl (C=O) groups is 3. The predicted octanol–water partition coefficient (Wildman–Crippen LogP) is 3.33. The van der Waals surface area contributed by atoms with E-state index in [-0.39, 0.29) is 18.9 Å². The molecule has 35 heavy (non-hydrogen) atoms. The molecule has 3 aromatic carbocycles. The molecule has 2 N–H and O–H groups in total. The van der Waals surface area contributed by atoms with E-state index in [1.165, 1.54) is 4.90 Å². The van der Waals surface area contributed by atoms with Crippen LogP contribution in [0.5, 0.6) is 11.5 Å². The topological polar surface area (TPSA) is 97.0 Å². The lowest BCUT2D eigenvalue weighted by Crippen LogP contribution is -2.48. The highest BCUT2D eigenvalue weighted by atomic mass is 16.5. The van der Waals surface area contributed by atoms with Crippen molar-refractivity contribution in [1.82, 2.24) is 10.9 Å². The number of benzene rings is 3. The minimum Gasteiger partial charge on any atom is -0.490 e. The lowest BCUT2D eigenvalue weighted by Gasteiger charge is -2.19. The van der Waals surface area contributed by atoms with Gasteiger partial charge >= 0.3 is 0 Å². The number of carbonyl (C=O) groups excluding carboxylic acids is 3. The van der Waals surface area contributed by atoms with Crippen LogP contribution in [-0.4, -0.2) is 37.0 Å². The van der Waals surface area contributed by atoms with E-state index in [1.54, 1.807) is 30.3 Å². The third-order valence-corrected chi connectivity index (χ3v) is 5.60. The molecule has 180 valence electrons. The molecule has 8 nitrogen and oxygen atoms in total. The van der Waals surface area contributed by atoms with Crippen molar-refractivity contribution in [2.75, 3.05) is 18.1 Å². The summed E-state index contributed by atoms with van der Waals surface area (Å²) in [6.07, 6.45) is -0.0541. The SMILES string of the molecule is Cc1ccc(C)c(N2C(=O)CC(NNC(=O)c3ccccc3OCCOc3ccccc3)C2=O)c1. The Morgan fingerprint density at radius 3 is 2.46 bits per heavy atom. The number of hydrogen-bond acceptors (Lipinski definition) is 6. The number of ether oxygens (including phenoxy) is 2. The molecule has 8 heteroatoms. The van der Waals surface area contributed by atoms with Crippen molar-refractivity contribution in [2.45, 2.75) is 26.3 Å². The van der Waals surface area contributed by atoms with Gasteiger partial charge in [-0.25, -0.2) is 10.3 Å². The van der Waals surface area contributed by atoms with Crippen LogP contribution in [-0.2, 0) is 9.59 Å². The smallest absolute Gasteiger partial charge is 0.269 e. The average Bonchev–Trinajstić information content (AvgIpc) is 3.15. The highest BCUT2D eigenvalue weighted by molar-refractivity contribution is 6.22. The molecule has 0 bridgehead atoms. The molecule has 0 saturated carbocycles. The fraction of sp³-hybridized carbons (Fsp3) is 0.222. The average molecular weight is 474 g/mol. The number of hydrazine groups is 1. The van der Waals surface area contributed by atoms with Gasteiger partial charge in [0.2, 0.25) is 5.91 Å². The molecular formula is C27H27N3O5. The van der Waals surface area contributed by atoms with E-state index in [1.807, 2.05) is 56.3 Å². The van der Waals surface area contributed by atoms with E-state index in [9.17, 15) is 14.4 Å². The van der Waals surface area contributed by atoms with Crippen LogP contribution in [0.4, 0.5) is 5.69 Å². The number of amides is 3. The first-order valence-electron chi connectivity index (χ1n) is 11.3. The molecule has 3 amide bonds. The molecule has 1 aliphatic heterocycles. The monoisotopic (exact) mass is 473 g/mol. The molecule has 4 rings (SSSR count). The van der Waals surface area contributed by atoms with Crippen molar-refractivity contribution in [1.29, 1.82) is 0 Å². The molecule has 1 heterocycles. The minimum absolute atomic E-state index is 0.0541. The second-order valence-corrected chi connectivity index (χ2v) is 8.22. The van der Waals surface area contributed by atoms with Crippen LogP contribution in [0.2, 0.25) is 0 Å². The summed E-state index contributed by atoms with van der Waals surface area (Å²) >= 11 is 0. The Kier molecular flexibility index (Phi) is 7.42. The first-order valence-corrected chi connectivity index (χ1v) is 11.3. The van der Waals surface area contributed by atoms with Gasteiger partial charge in [-0.1, -0.05) is 42.5 Å². The van der Waals surface area contributed by atoms with Gasteiger partial charge in [0.25, 0.3) is 11.8 Å². The number of aryl methyl sites for hydroxylation is 2. The van der Waals surface area contributed by atoms with Crippen LogP contribution in [0.15, 0.2) is 72.8 Å². The van der Waals surface area contributed by atoms with Crippen LogP contribution in [0.25, 0.3) is 0 Å². The molecule has 1 aliphatic rings. The lowest BCUT2D eigenvalue weighted by atomic mass is 10.1. The van der Waals surface area contributed by atoms with Crippen LogP contribution < -0.4 is 25.2 Å². The summed E-state index contributed by atoms with van der Waals surface area (Å²) in [5.74, 6) is -0.0921. The fourth-order valence-corrected chi connectivity index (χ4v) is 3.79. The fourth-order valence-electron chi connectivity index (χ4n) is 3.79. The quantitative estimate of drug-likeness (QED) is 0.281. The maximum Gasteiger partial charge on any atom is 0.269 e. The van der Waals surface area contributed by atoms with Crippen molar-refractivity contribution < 1.29 is 23.9 Å². The summed E-state index contributed by atoms with van der Waals surface area (Å²) in [4.78, 5) is 39.5. The second-order valence-electron chi connectivity index (χ2n) is 8.22. The van der Waals surface area contributed by atoms with Crippen molar-refractivity contribution in [3.63, 3.8) is 0 Å². The summed E-state index contributed by atoms with van der Waals surface area (Å²) in [6.45, 7) is 4.30. The van der Waals surface area contributed by atoms with E-state index in [2.05, 4.69) is 10.9 Å². The van der Waals surface area contributed by atoms with Gasteiger partial charge in [0.15, 0.2) is 0 Å². The normalized spacial score (nSPS) is 15.3. The largest absolute Gasteiger partial charge is 0.490 e. The third-order valence-electron chi connectivity index (χ3n) is 5.60. The van der Waals surface area contributed by atoms with Crippen LogP contribution in [0.1, 0.15) is 27.9 Å². The summed E-state index contributed by atoms with van der Waals surface area (Å²) < 4.78 is 11.4. The number of nitrogens with one attached hydrogen (secondary N) is 2. The number of anilines is 1. The van der Waals surface area contributed by atoms with Crippen LogP contribution in [0.3, 0.4) is 0 Å². The number of hydrogen-bond donors (Lipinski definition) is 2. The standard InChI is InChI=1S/C27H27N3O5/c1-18-12-13-19(2)23(16-18)30-25(31)17-22(27(30)33)28-29-26(32)21-10-6-7-11-24(21)35-15-14-34-20-8-4-3-5-9-20/h3-13,16,22,28H,14-15,17H2,1-2H3,(H,29,32). The molecule has 1 atom stereocenters. The van der Waals surface area contributed by atoms with Crippen molar-refractivity contribution >= 4 is 23.4 Å². The Hall–Kier alpha value is -4.17. The molecule has 0 aromatic heterocycles. The van der Waals surface area contributed by atoms with Crippen molar-refractivity contribution in [2.24, 2.45) is 0 Å². The predicted molar refractivity (Wildman–Crippen MR) is 131 cm³/mol. The molecule has 1 saturated heterocycles. The highest BCUT2D eigenvalue weighted by Gasteiger charge is 2.40. The summed E-state index contributed by atoms with van der Waals surface area (Å²) in [7, 11) is 0. The van der Waals surface area contributed by atoms with Crippen molar-refractivity contribution in [3.8, 4) is 11.5 Å². The number of para-hydroxylation sites is 2. The Balaban J connectivity index is 1.34. The molecule has 0 aliphatic carbocycles. The summed E-state index contributed by atoms with van der Waals surface area (Å²) in [5.41, 5.74) is 7.89. The first kappa shape index (κ1) is 24.0. The van der Waals surface area contributed by atoms with Gasteiger partial charge in [0.1, 0.15) is 30.8 Å². The number of rotatable bonds is 9. The van der Waals surface area contributed by atoms with E-state index in [0.29, 0.717) is 23.6 Å². The Bertz CT molecular complexity index is 1230. The molecule has 0 radical (unpaired) electrons. The third kappa shape index (κ3) is 5.67. The van der Waals surface area contributed by atoms with E-state index in [0.717, 1.165) is 16.9 Å². The summed E-state index contributed by atoms with van der Waals surface area (Å²) in [5, 5.41) is 0. The molecule has 1 fully saturated rings. The molecule has 3 aromatic rings. The van der Waals surface area contributed by atoms with Gasteiger partial charge in [-0.15, -0.1) is 0 Å². The van der Waals surface area contributed by atoms with Crippen LogP contribution in [0, 0.1) is 13.8 Å². The van der Waals surface area contributed by atoms with Gasteiger partial charge in [-0.3, -0.25) is 19.8 Å². The first-order chi connectivity index (χ1) is 16.9. The maximum absolute atomic E-state index is 12.9. The van der Waals surface area contributed by atoms with Gasteiger partial charge in [0, 0.05) is 0 Å². The van der Waals surface area contributed by atoms with Gasteiger partial charge in [-0.05, 0) is 55.3 Å². The van der Waals surface area contributed by atoms with Gasteiger partial charge in [0.05, 0.1) is 17.7 Å². The summed E-state index contributed by atoms with van der Waals surface area (Å²) in [6, 6.07) is 20.9. The van der Waals surface area contributed by atoms with Gasteiger partial charge < -0.3 is 9.47 Å². The lowest BCUT2D eigenvalue weighted by molar-refractivity contribution is -0.121. The Morgan fingerprint density at radius 2 is 1.66 bits per heavy atom. The number of imide groups is 1. The van der Waals surface area contributed by atoms with Crippen molar-refractivity contribution in [3.05, 3.63) is 89.5 Å². The Labute approximate surface area is 203 Å². The maximum atomic E-state index is 12.9. The zero-order chi connectivity index (χ0) is 24.8.